The Labute approximate surface area is 92.4 Å². The van der Waals surface area contributed by atoms with Gasteiger partial charge >= 0.3 is 17.9 Å². The van der Waals surface area contributed by atoms with E-state index in [1.54, 1.807) is 0 Å². The minimum Gasteiger partial charge on any atom is -0.479 e. The molecular weight excluding hydrogens is 243 g/mol. The van der Waals surface area contributed by atoms with Crippen LogP contribution >= 0.6 is 9.47 Å². The molecule has 0 heterocycles. The summed E-state index contributed by atoms with van der Waals surface area (Å²) in [5, 5.41) is 26.5. The van der Waals surface area contributed by atoms with E-state index in [1.165, 1.54) is 9.47 Å². The number of carbonyl (C=O) groups is 3. The summed E-state index contributed by atoms with van der Waals surface area (Å²) in [4.78, 5) is 32.0. The molecule has 0 saturated carbocycles. The first kappa shape index (κ1) is 14.8. The lowest BCUT2D eigenvalue weighted by Gasteiger charge is -2.16. The van der Waals surface area contributed by atoms with Gasteiger partial charge < -0.3 is 24.6 Å². The molecule has 0 bridgehead atoms. The van der Waals surface area contributed by atoms with Gasteiger partial charge in [-0.3, -0.25) is 0 Å². The highest BCUT2D eigenvalue weighted by atomic mass is 31.0. The molecule has 0 aliphatic heterocycles. The first-order valence-corrected chi connectivity index (χ1v) is 4.48. The lowest BCUT2D eigenvalue weighted by molar-refractivity contribution is -0.176. The second kappa shape index (κ2) is 6.37. The van der Waals surface area contributed by atoms with Crippen LogP contribution in [0.15, 0.2) is 0 Å². The van der Waals surface area contributed by atoms with Gasteiger partial charge in [0.25, 0.3) is 0 Å². The van der Waals surface area contributed by atoms with Crippen LogP contribution in [0.25, 0.3) is 0 Å². The molecule has 4 atom stereocenters. The molecule has 0 aliphatic rings. The number of ether oxygens (including phenoxy) is 1. The standard InChI is InChI=1S/C7H11O8P/c1-2(5(10)11)14-6(12)3(8)4(9)7(13)15-16/h2-4,8-9H,16H2,1H3,(H,10,11)/t2-,3+,4+/m0/s1. The van der Waals surface area contributed by atoms with E-state index < -0.39 is 36.2 Å². The average Bonchev–Trinajstić information content (AvgIpc) is 2.25. The first-order chi connectivity index (χ1) is 7.31. The third kappa shape index (κ3) is 4.09. The van der Waals surface area contributed by atoms with Crippen molar-refractivity contribution in [3.8, 4) is 0 Å². The molecule has 3 N–H and O–H groups in total. The number of carboxylic acid groups (broad SMARTS) is 1. The highest BCUT2D eigenvalue weighted by Gasteiger charge is 2.34. The number of esters is 1. The Kier molecular flexibility index (Phi) is 5.87. The Balaban J connectivity index is 4.39. The molecule has 92 valence electrons. The van der Waals surface area contributed by atoms with Gasteiger partial charge in [-0.05, 0) is 6.92 Å². The molecule has 0 aliphatic carbocycles. The average molecular weight is 254 g/mol. The number of aliphatic carboxylic acids is 1. The highest BCUT2D eigenvalue weighted by Crippen LogP contribution is 2.04. The zero-order valence-electron chi connectivity index (χ0n) is 8.19. The van der Waals surface area contributed by atoms with Crippen LogP contribution in [0.5, 0.6) is 0 Å². The van der Waals surface area contributed by atoms with Crippen LogP contribution in [0.4, 0.5) is 0 Å². The topological polar surface area (TPSA) is 130 Å². The molecule has 8 nitrogen and oxygen atoms in total. The largest absolute Gasteiger partial charge is 0.479 e. The van der Waals surface area contributed by atoms with Gasteiger partial charge in [-0.1, -0.05) is 0 Å². The Morgan fingerprint density at radius 1 is 1.12 bits per heavy atom. The van der Waals surface area contributed by atoms with Gasteiger partial charge in [0, 0.05) is 0 Å². The van der Waals surface area contributed by atoms with E-state index in [1.807, 2.05) is 0 Å². The van der Waals surface area contributed by atoms with Gasteiger partial charge in [0.1, 0.15) is 0 Å². The molecule has 0 aromatic rings. The summed E-state index contributed by atoms with van der Waals surface area (Å²) in [5.74, 6) is -4.13. The van der Waals surface area contributed by atoms with Gasteiger partial charge in [-0.25, -0.2) is 14.4 Å². The normalized spacial score (nSPS) is 15.8. The Bertz CT molecular complexity index is 290. The minimum absolute atomic E-state index is 1.05. The van der Waals surface area contributed by atoms with Crippen molar-refractivity contribution in [2.75, 3.05) is 0 Å². The number of aliphatic hydroxyl groups excluding tert-OH is 2. The van der Waals surface area contributed by atoms with E-state index in [4.69, 9.17) is 15.3 Å². The molecule has 0 aromatic heterocycles. The lowest BCUT2D eigenvalue weighted by atomic mass is 10.2. The first-order valence-electron chi connectivity index (χ1n) is 4.01. The fourth-order valence-electron chi connectivity index (χ4n) is 0.622. The summed E-state index contributed by atoms with van der Waals surface area (Å²) in [6.45, 7) is 1.05. The Morgan fingerprint density at radius 2 is 1.56 bits per heavy atom. The van der Waals surface area contributed by atoms with Crippen molar-refractivity contribution in [2.45, 2.75) is 25.2 Å². The molecule has 1 unspecified atom stereocenters. The van der Waals surface area contributed by atoms with Crippen LogP contribution < -0.4 is 0 Å². The monoisotopic (exact) mass is 254 g/mol. The molecule has 0 spiro atoms. The van der Waals surface area contributed by atoms with Crippen molar-refractivity contribution in [3.63, 3.8) is 0 Å². The van der Waals surface area contributed by atoms with Crippen LogP contribution in [0.3, 0.4) is 0 Å². The summed E-state index contributed by atoms with van der Waals surface area (Å²) < 4.78 is 8.21. The van der Waals surface area contributed by atoms with Gasteiger partial charge in [0.2, 0.25) is 0 Å². The SMILES string of the molecule is C[C@H](OC(=O)[C@H](O)[C@@H](O)C(=O)OP)C(=O)O. The van der Waals surface area contributed by atoms with Crippen LogP contribution in [0.1, 0.15) is 6.92 Å². The summed E-state index contributed by atoms with van der Waals surface area (Å²) in [7, 11) is 1.52. The van der Waals surface area contributed by atoms with Crippen LogP contribution in [-0.4, -0.2) is 51.5 Å². The predicted octanol–water partition coefficient (Wildman–Crippen LogP) is -1.94. The molecular formula is C7H11O8P. The molecule has 16 heavy (non-hydrogen) atoms. The predicted molar refractivity (Wildman–Crippen MR) is 51.0 cm³/mol. The molecule has 0 aromatic carbocycles. The number of carbonyl (C=O) groups excluding carboxylic acids is 2. The van der Waals surface area contributed by atoms with E-state index in [0.29, 0.717) is 0 Å². The number of aliphatic hydroxyl groups is 2. The highest BCUT2D eigenvalue weighted by molar-refractivity contribution is 7.10. The lowest BCUT2D eigenvalue weighted by Crippen LogP contribution is -2.42. The van der Waals surface area contributed by atoms with E-state index in [2.05, 4.69) is 9.26 Å². The number of rotatable bonds is 5. The van der Waals surface area contributed by atoms with Gasteiger partial charge in [-0.2, -0.15) is 0 Å². The van der Waals surface area contributed by atoms with Gasteiger partial charge in [0.15, 0.2) is 18.3 Å². The third-order valence-electron chi connectivity index (χ3n) is 1.54. The van der Waals surface area contributed by atoms with E-state index in [-0.39, 0.29) is 0 Å². The van der Waals surface area contributed by atoms with Crippen LogP contribution in [0, 0.1) is 0 Å². The Hall–Kier alpha value is -1.24. The molecule has 0 radical (unpaired) electrons. The summed E-state index contributed by atoms with van der Waals surface area (Å²) >= 11 is 0. The fraction of sp³-hybridized carbons (Fsp3) is 0.571. The fourth-order valence-corrected chi connectivity index (χ4v) is 0.761. The van der Waals surface area contributed by atoms with Crippen molar-refractivity contribution >= 4 is 27.4 Å². The molecule has 0 amide bonds. The molecule has 0 fully saturated rings. The van der Waals surface area contributed by atoms with Crippen molar-refractivity contribution < 1.29 is 39.0 Å². The van der Waals surface area contributed by atoms with Crippen molar-refractivity contribution in [1.82, 2.24) is 0 Å². The zero-order valence-corrected chi connectivity index (χ0v) is 9.35. The molecule has 9 heteroatoms. The molecule has 0 rings (SSSR count). The Morgan fingerprint density at radius 3 is 1.94 bits per heavy atom. The quantitative estimate of drug-likeness (QED) is 0.381. The maximum atomic E-state index is 11.0. The van der Waals surface area contributed by atoms with Crippen molar-refractivity contribution in [3.05, 3.63) is 0 Å². The summed E-state index contributed by atoms with van der Waals surface area (Å²) in [6.07, 6.45) is -5.83. The number of hydrogen-bond acceptors (Lipinski definition) is 7. The second-order valence-corrected chi connectivity index (χ2v) is 2.98. The van der Waals surface area contributed by atoms with E-state index >= 15 is 0 Å². The van der Waals surface area contributed by atoms with Crippen LogP contribution in [0.2, 0.25) is 0 Å². The minimum atomic E-state index is -2.20. The maximum absolute atomic E-state index is 11.0. The second-order valence-electron chi connectivity index (χ2n) is 2.74. The van der Waals surface area contributed by atoms with E-state index in [0.717, 1.165) is 6.92 Å². The maximum Gasteiger partial charge on any atom is 0.344 e. The number of hydrogen-bond donors (Lipinski definition) is 3. The smallest absolute Gasteiger partial charge is 0.344 e. The van der Waals surface area contributed by atoms with Crippen molar-refractivity contribution in [1.29, 1.82) is 0 Å². The molecule has 0 saturated heterocycles. The van der Waals surface area contributed by atoms with Crippen molar-refractivity contribution in [2.24, 2.45) is 0 Å². The summed E-state index contributed by atoms with van der Waals surface area (Å²) in [6, 6.07) is 0. The zero-order chi connectivity index (χ0) is 12.9. The van der Waals surface area contributed by atoms with Crippen LogP contribution in [-0.2, 0) is 23.6 Å². The van der Waals surface area contributed by atoms with Gasteiger partial charge in [0.05, 0.1) is 9.47 Å². The van der Waals surface area contributed by atoms with E-state index in [9.17, 15) is 14.4 Å². The van der Waals surface area contributed by atoms with Gasteiger partial charge in [-0.15, -0.1) is 0 Å². The third-order valence-corrected chi connectivity index (χ3v) is 1.77. The number of carboxylic acids is 1. The summed E-state index contributed by atoms with van der Waals surface area (Å²) in [5.41, 5.74) is 0.